The van der Waals surface area contributed by atoms with Crippen LogP contribution in [0.2, 0.25) is 0 Å². The van der Waals surface area contributed by atoms with Gasteiger partial charge in [-0.1, -0.05) is 30.3 Å². The number of pyridine rings is 1. The van der Waals surface area contributed by atoms with Gasteiger partial charge in [0.15, 0.2) is 0 Å². The maximum atomic E-state index is 4.30. The lowest BCUT2D eigenvalue weighted by Gasteiger charge is -2.35. The predicted molar refractivity (Wildman–Crippen MR) is 78.4 cm³/mol. The van der Waals surface area contributed by atoms with E-state index in [1.165, 1.54) is 16.8 Å². The summed E-state index contributed by atoms with van der Waals surface area (Å²) in [6, 6.07) is 13.3. The molecule has 1 aliphatic heterocycles. The molecule has 0 saturated carbocycles. The third kappa shape index (κ3) is 2.76. The lowest BCUT2D eigenvalue weighted by molar-refractivity contribution is 0.471. The van der Waals surface area contributed by atoms with Crippen molar-refractivity contribution in [3.8, 4) is 0 Å². The summed E-state index contributed by atoms with van der Waals surface area (Å²) in [6.07, 6.45) is 3.86. The number of aromatic nitrogens is 1. The van der Waals surface area contributed by atoms with Crippen LogP contribution in [0.3, 0.4) is 0 Å². The van der Waals surface area contributed by atoms with Gasteiger partial charge in [-0.2, -0.15) is 0 Å². The van der Waals surface area contributed by atoms with Crippen LogP contribution >= 0.6 is 0 Å². The van der Waals surface area contributed by atoms with E-state index in [0.29, 0.717) is 6.04 Å². The summed E-state index contributed by atoms with van der Waals surface area (Å²) in [5.74, 6) is 0. The number of aryl methyl sites for hydroxylation is 1. The van der Waals surface area contributed by atoms with Crippen LogP contribution in [0.25, 0.3) is 0 Å². The van der Waals surface area contributed by atoms with Crippen LogP contribution in [0, 0.1) is 6.92 Å². The molecule has 1 N–H and O–H groups in total. The first-order chi connectivity index (χ1) is 9.33. The van der Waals surface area contributed by atoms with E-state index < -0.39 is 0 Å². The Bertz CT molecular complexity index is 539. The Balaban J connectivity index is 1.78. The summed E-state index contributed by atoms with van der Waals surface area (Å²) in [4.78, 5) is 6.71. The smallest absolute Gasteiger partial charge is 0.0556 e. The third-order valence-corrected chi connectivity index (χ3v) is 3.60. The second kappa shape index (κ2) is 5.41. The van der Waals surface area contributed by atoms with Gasteiger partial charge < -0.3 is 10.2 Å². The Morgan fingerprint density at radius 3 is 2.84 bits per heavy atom. The van der Waals surface area contributed by atoms with Crippen LogP contribution in [0.15, 0.2) is 48.8 Å². The molecule has 2 aromatic rings. The van der Waals surface area contributed by atoms with E-state index >= 15 is 0 Å². The molecule has 2 heterocycles. The highest BCUT2D eigenvalue weighted by Gasteiger charge is 2.20. The molecule has 1 saturated heterocycles. The monoisotopic (exact) mass is 253 g/mol. The van der Waals surface area contributed by atoms with E-state index in [-0.39, 0.29) is 0 Å². The minimum Gasteiger partial charge on any atom is -0.367 e. The Morgan fingerprint density at radius 2 is 2.05 bits per heavy atom. The minimum atomic E-state index is 0.399. The number of hydrogen-bond donors (Lipinski definition) is 1. The van der Waals surface area contributed by atoms with Gasteiger partial charge in [0.1, 0.15) is 0 Å². The summed E-state index contributed by atoms with van der Waals surface area (Å²) in [7, 11) is 0. The highest BCUT2D eigenvalue weighted by molar-refractivity contribution is 5.47. The van der Waals surface area contributed by atoms with Crippen molar-refractivity contribution >= 4 is 5.69 Å². The molecule has 3 rings (SSSR count). The summed E-state index contributed by atoms with van der Waals surface area (Å²) in [5, 5.41) is 3.59. The topological polar surface area (TPSA) is 28.2 Å². The van der Waals surface area contributed by atoms with Crippen LogP contribution in [0.5, 0.6) is 0 Å². The molecule has 0 amide bonds. The van der Waals surface area contributed by atoms with Crippen molar-refractivity contribution in [3.05, 3.63) is 59.9 Å². The Hall–Kier alpha value is -1.87. The first kappa shape index (κ1) is 12.2. The second-order valence-electron chi connectivity index (χ2n) is 5.08. The van der Waals surface area contributed by atoms with Gasteiger partial charge >= 0.3 is 0 Å². The largest absolute Gasteiger partial charge is 0.367 e. The van der Waals surface area contributed by atoms with E-state index in [0.717, 1.165) is 19.6 Å². The van der Waals surface area contributed by atoms with Crippen molar-refractivity contribution in [2.24, 2.45) is 0 Å². The number of nitrogens with zero attached hydrogens (tertiary/aromatic N) is 2. The van der Waals surface area contributed by atoms with Crippen molar-refractivity contribution in [2.45, 2.75) is 13.0 Å². The standard InChI is InChI=1S/C16H19N3/c1-13-9-15(11-17-10-13)19-8-7-18-16(12-19)14-5-3-2-4-6-14/h2-6,9-11,16,18H,7-8,12H2,1H3. The van der Waals surface area contributed by atoms with Gasteiger partial charge in [-0.05, 0) is 24.1 Å². The molecule has 3 heteroatoms. The fourth-order valence-corrected chi connectivity index (χ4v) is 2.61. The molecule has 1 fully saturated rings. The Kier molecular flexibility index (Phi) is 3.47. The quantitative estimate of drug-likeness (QED) is 0.891. The SMILES string of the molecule is Cc1cncc(N2CCNC(c3ccccc3)C2)c1. The lowest BCUT2D eigenvalue weighted by Crippen LogP contribution is -2.45. The van der Waals surface area contributed by atoms with Gasteiger partial charge in [0.25, 0.3) is 0 Å². The fraction of sp³-hybridized carbons (Fsp3) is 0.312. The molecule has 1 unspecified atom stereocenters. The molecule has 0 aliphatic carbocycles. The highest BCUT2D eigenvalue weighted by atomic mass is 15.2. The summed E-state index contributed by atoms with van der Waals surface area (Å²) in [6.45, 7) is 5.13. The van der Waals surface area contributed by atoms with E-state index in [1.54, 1.807) is 0 Å². The first-order valence-corrected chi connectivity index (χ1v) is 6.78. The molecule has 0 bridgehead atoms. The zero-order chi connectivity index (χ0) is 13.1. The molecular weight excluding hydrogens is 234 g/mol. The number of rotatable bonds is 2. The third-order valence-electron chi connectivity index (χ3n) is 3.60. The highest BCUT2D eigenvalue weighted by Crippen LogP contribution is 2.22. The average molecular weight is 253 g/mol. The second-order valence-corrected chi connectivity index (χ2v) is 5.08. The molecule has 3 nitrogen and oxygen atoms in total. The number of anilines is 1. The minimum absolute atomic E-state index is 0.399. The number of nitrogens with one attached hydrogen (secondary N) is 1. The molecule has 0 radical (unpaired) electrons. The van der Waals surface area contributed by atoms with E-state index in [2.05, 4.69) is 58.5 Å². The van der Waals surface area contributed by atoms with Crippen LogP contribution in [-0.4, -0.2) is 24.6 Å². The van der Waals surface area contributed by atoms with Crippen LogP contribution < -0.4 is 10.2 Å². The van der Waals surface area contributed by atoms with Crippen molar-refractivity contribution < 1.29 is 0 Å². The Morgan fingerprint density at radius 1 is 1.21 bits per heavy atom. The van der Waals surface area contributed by atoms with Gasteiger partial charge in [-0.15, -0.1) is 0 Å². The summed E-state index contributed by atoms with van der Waals surface area (Å²) >= 11 is 0. The average Bonchev–Trinajstić information content (AvgIpc) is 2.48. The molecule has 1 aliphatic rings. The molecule has 0 spiro atoms. The zero-order valence-corrected chi connectivity index (χ0v) is 11.2. The van der Waals surface area contributed by atoms with Gasteiger partial charge in [0, 0.05) is 31.9 Å². The molecule has 98 valence electrons. The van der Waals surface area contributed by atoms with Gasteiger partial charge in [-0.25, -0.2) is 0 Å². The first-order valence-electron chi connectivity index (χ1n) is 6.78. The summed E-state index contributed by atoms with van der Waals surface area (Å²) < 4.78 is 0. The molecule has 1 aromatic carbocycles. The van der Waals surface area contributed by atoms with Crippen molar-refractivity contribution in [1.29, 1.82) is 0 Å². The van der Waals surface area contributed by atoms with Crippen LogP contribution in [0.4, 0.5) is 5.69 Å². The molecule has 1 atom stereocenters. The lowest BCUT2D eigenvalue weighted by atomic mass is 10.0. The zero-order valence-electron chi connectivity index (χ0n) is 11.2. The molecule has 19 heavy (non-hydrogen) atoms. The van der Waals surface area contributed by atoms with Crippen molar-refractivity contribution in [1.82, 2.24) is 10.3 Å². The van der Waals surface area contributed by atoms with Gasteiger partial charge in [0.05, 0.1) is 11.9 Å². The van der Waals surface area contributed by atoms with Crippen molar-refractivity contribution in [2.75, 3.05) is 24.5 Å². The fourth-order valence-electron chi connectivity index (χ4n) is 2.61. The number of hydrogen-bond acceptors (Lipinski definition) is 3. The maximum absolute atomic E-state index is 4.30. The number of benzene rings is 1. The summed E-state index contributed by atoms with van der Waals surface area (Å²) in [5.41, 5.74) is 3.79. The number of piperazine rings is 1. The predicted octanol–water partition coefficient (Wildman–Crippen LogP) is 2.54. The van der Waals surface area contributed by atoms with E-state index in [4.69, 9.17) is 0 Å². The van der Waals surface area contributed by atoms with Crippen LogP contribution in [0.1, 0.15) is 17.2 Å². The molecule has 1 aromatic heterocycles. The van der Waals surface area contributed by atoms with Gasteiger partial charge in [0.2, 0.25) is 0 Å². The maximum Gasteiger partial charge on any atom is 0.0556 e. The van der Waals surface area contributed by atoms with Crippen molar-refractivity contribution in [3.63, 3.8) is 0 Å². The van der Waals surface area contributed by atoms with E-state index in [9.17, 15) is 0 Å². The molecular formula is C16H19N3. The van der Waals surface area contributed by atoms with Crippen LogP contribution in [-0.2, 0) is 0 Å². The normalized spacial score (nSPS) is 19.4. The Labute approximate surface area is 114 Å². The van der Waals surface area contributed by atoms with E-state index in [1.807, 2.05) is 12.4 Å². The van der Waals surface area contributed by atoms with Gasteiger partial charge in [-0.3, -0.25) is 4.98 Å².